The molecule has 0 saturated heterocycles. The van der Waals surface area contributed by atoms with E-state index in [4.69, 9.17) is 16.9 Å². The van der Waals surface area contributed by atoms with Crippen molar-refractivity contribution in [3.8, 4) is 17.5 Å². The van der Waals surface area contributed by atoms with Crippen LogP contribution in [0.15, 0.2) is 29.4 Å². The Morgan fingerprint density at radius 1 is 1.40 bits per heavy atom. The average Bonchev–Trinajstić information content (AvgIpc) is 2.86. The maximum atomic E-state index is 8.54. The first kappa shape index (κ1) is 14.9. The van der Waals surface area contributed by atoms with Crippen LogP contribution in [0.3, 0.4) is 0 Å². The summed E-state index contributed by atoms with van der Waals surface area (Å²) in [5.74, 6) is 1.71. The predicted molar refractivity (Wildman–Crippen MR) is 81.7 cm³/mol. The number of nitrogens with zero attached hydrogens (tertiary/aromatic N) is 4. The van der Waals surface area contributed by atoms with Crippen molar-refractivity contribution < 1.29 is 0 Å². The van der Waals surface area contributed by atoms with Crippen molar-refractivity contribution in [2.24, 2.45) is 0 Å². The molecule has 0 aliphatic rings. The molecule has 0 amide bonds. The van der Waals surface area contributed by atoms with Gasteiger partial charge in [-0.2, -0.15) is 5.26 Å². The number of halogens is 1. The Bertz CT molecular complexity index is 618. The summed E-state index contributed by atoms with van der Waals surface area (Å²) in [6, 6.07) is 9.77. The third-order valence-electron chi connectivity index (χ3n) is 2.78. The number of benzene rings is 1. The molecule has 0 saturated carbocycles. The Balaban J connectivity index is 2.19. The van der Waals surface area contributed by atoms with Crippen LogP contribution in [0.2, 0.25) is 5.02 Å². The summed E-state index contributed by atoms with van der Waals surface area (Å²) in [5.41, 5.74) is 0.968. The van der Waals surface area contributed by atoms with Gasteiger partial charge in [0, 0.05) is 29.3 Å². The Labute approximate surface area is 127 Å². The standard InChI is InChI=1S/C14H15ClN4S/c1-2-19-13(11-6-5-7-12(15)10-11)17-18-14(19)20-9-4-3-8-16/h5-7,10H,2-4,9H2,1H3. The molecular weight excluding hydrogens is 292 g/mol. The van der Waals surface area contributed by atoms with E-state index in [-0.39, 0.29) is 0 Å². The highest BCUT2D eigenvalue weighted by Gasteiger charge is 2.13. The van der Waals surface area contributed by atoms with E-state index < -0.39 is 0 Å². The summed E-state index contributed by atoms with van der Waals surface area (Å²) in [6.07, 6.45) is 1.44. The zero-order valence-electron chi connectivity index (χ0n) is 11.2. The first-order valence-electron chi connectivity index (χ1n) is 6.45. The second-order valence-electron chi connectivity index (χ2n) is 4.17. The zero-order valence-corrected chi connectivity index (χ0v) is 12.8. The van der Waals surface area contributed by atoms with Gasteiger partial charge in [0.05, 0.1) is 6.07 Å². The first-order chi connectivity index (χ1) is 9.76. The van der Waals surface area contributed by atoms with E-state index in [1.165, 1.54) is 0 Å². The molecule has 1 aromatic heterocycles. The van der Waals surface area contributed by atoms with Gasteiger partial charge in [0.1, 0.15) is 0 Å². The Morgan fingerprint density at radius 2 is 2.25 bits per heavy atom. The van der Waals surface area contributed by atoms with E-state index in [0.717, 1.165) is 35.3 Å². The number of thioether (sulfide) groups is 1. The second-order valence-corrected chi connectivity index (χ2v) is 5.67. The summed E-state index contributed by atoms with van der Waals surface area (Å²) in [4.78, 5) is 0. The number of nitriles is 1. The molecule has 104 valence electrons. The van der Waals surface area contributed by atoms with Crippen LogP contribution in [0.5, 0.6) is 0 Å². The summed E-state index contributed by atoms with van der Waals surface area (Å²) < 4.78 is 2.07. The number of hydrogen-bond acceptors (Lipinski definition) is 4. The third-order valence-corrected chi connectivity index (χ3v) is 4.07. The molecule has 0 atom stereocenters. The minimum Gasteiger partial charge on any atom is -0.302 e. The van der Waals surface area contributed by atoms with Gasteiger partial charge in [0.15, 0.2) is 11.0 Å². The molecule has 0 radical (unpaired) electrons. The normalized spacial score (nSPS) is 10.4. The lowest BCUT2D eigenvalue weighted by Gasteiger charge is -2.07. The molecular formula is C14H15ClN4S. The summed E-state index contributed by atoms with van der Waals surface area (Å²) >= 11 is 7.66. The summed E-state index contributed by atoms with van der Waals surface area (Å²) in [5, 5.41) is 18.6. The van der Waals surface area contributed by atoms with E-state index in [2.05, 4.69) is 27.8 Å². The van der Waals surface area contributed by atoms with Gasteiger partial charge in [0.2, 0.25) is 0 Å². The molecule has 2 rings (SSSR count). The van der Waals surface area contributed by atoms with Crippen molar-refractivity contribution in [2.75, 3.05) is 5.75 Å². The van der Waals surface area contributed by atoms with Gasteiger partial charge >= 0.3 is 0 Å². The molecule has 0 spiro atoms. The maximum Gasteiger partial charge on any atom is 0.191 e. The molecule has 0 aliphatic carbocycles. The van der Waals surface area contributed by atoms with E-state index in [0.29, 0.717) is 11.4 Å². The van der Waals surface area contributed by atoms with Crippen LogP contribution in [-0.2, 0) is 6.54 Å². The Kier molecular flexibility index (Phi) is 5.45. The average molecular weight is 307 g/mol. The van der Waals surface area contributed by atoms with Crippen LogP contribution < -0.4 is 0 Å². The summed E-state index contributed by atoms with van der Waals surface area (Å²) in [7, 11) is 0. The SMILES string of the molecule is CCn1c(SCCCC#N)nnc1-c1cccc(Cl)c1. The van der Waals surface area contributed by atoms with E-state index in [9.17, 15) is 0 Å². The monoisotopic (exact) mass is 306 g/mol. The van der Waals surface area contributed by atoms with Crippen molar-refractivity contribution in [1.82, 2.24) is 14.8 Å². The van der Waals surface area contributed by atoms with Gasteiger partial charge in [-0.15, -0.1) is 10.2 Å². The summed E-state index contributed by atoms with van der Waals surface area (Å²) in [6.45, 7) is 2.87. The molecule has 0 unspecified atom stereocenters. The van der Waals surface area contributed by atoms with Gasteiger partial charge in [-0.3, -0.25) is 0 Å². The van der Waals surface area contributed by atoms with Crippen LogP contribution in [0.1, 0.15) is 19.8 Å². The Hall–Kier alpha value is -1.51. The predicted octanol–water partition coefficient (Wildman–Crippen LogP) is 4.01. The molecule has 0 aliphatic heterocycles. The molecule has 6 heteroatoms. The van der Waals surface area contributed by atoms with Crippen molar-refractivity contribution in [3.63, 3.8) is 0 Å². The largest absolute Gasteiger partial charge is 0.302 e. The maximum absolute atomic E-state index is 8.54. The van der Waals surface area contributed by atoms with Crippen LogP contribution in [0.4, 0.5) is 0 Å². The van der Waals surface area contributed by atoms with Crippen LogP contribution in [0.25, 0.3) is 11.4 Å². The second kappa shape index (κ2) is 7.32. The fourth-order valence-corrected chi connectivity index (χ4v) is 2.97. The topological polar surface area (TPSA) is 54.5 Å². The van der Waals surface area contributed by atoms with Crippen molar-refractivity contribution in [2.45, 2.75) is 31.5 Å². The molecule has 1 heterocycles. The lowest BCUT2D eigenvalue weighted by Crippen LogP contribution is -2.00. The number of unbranched alkanes of at least 4 members (excludes halogenated alkanes) is 1. The number of hydrogen-bond donors (Lipinski definition) is 0. The van der Waals surface area contributed by atoms with Gasteiger partial charge in [-0.05, 0) is 25.5 Å². The van der Waals surface area contributed by atoms with Gasteiger partial charge in [-0.1, -0.05) is 35.5 Å². The van der Waals surface area contributed by atoms with E-state index >= 15 is 0 Å². The van der Waals surface area contributed by atoms with Crippen molar-refractivity contribution in [1.29, 1.82) is 5.26 Å². The lowest BCUT2D eigenvalue weighted by atomic mass is 10.2. The zero-order chi connectivity index (χ0) is 14.4. The smallest absolute Gasteiger partial charge is 0.191 e. The van der Waals surface area contributed by atoms with Crippen LogP contribution in [0, 0.1) is 11.3 Å². The molecule has 4 nitrogen and oxygen atoms in total. The van der Waals surface area contributed by atoms with Crippen LogP contribution >= 0.6 is 23.4 Å². The highest BCUT2D eigenvalue weighted by atomic mass is 35.5. The highest BCUT2D eigenvalue weighted by molar-refractivity contribution is 7.99. The van der Waals surface area contributed by atoms with E-state index in [1.54, 1.807) is 11.8 Å². The molecule has 0 bridgehead atoms. The molecule has 20 heavy (non-hydrogen) atoms. The van der Waals surface area contributed by atoms with Crippen molar-refractivity contribution in [3.05, 3.63) is 29.3 Å². The van der Waals surface area contributed by atoms with Crippen LogP contribution in [-0.4, -0.2) is 20.5 Å². The van der Waals surface area contributed by atoms with Gasteiger partial charge < -0.3 is 4.57 Å². The highest BCUT2D eigenvalue weighted by Crippen LogP contribution is 2.26. The molecule has 0 fully saturated rings. The molecule has 2 aromatic rings. The van der Waals surface area contributed by atoms with Gasteiger partial charge in [-0.25, -0.2) is 0 Å². The minimum atomic E-state index is 0.578. The van der Waals surface area contributed by atoms with Crippen molar-refractivity contribution >= 4 is 23.4 Å². The third kappa shape index (κ3) is 3.53. The number of aromatic nitrogens is 3. The number of rotatable bonds is 6. The van der Waals surface area contributed by atoms with Gasteiger partial charge in [0.25, 0.3) is 0 Å². The minimum absolute atomic E-state index is 0.578. The Morgan fingerprint density at radius 3 is 2.95 bits per heavy atom. The molecule has 0 N–H and O–H groups in total. The fourth-order valence-electron chi connectivity index (χ4n) is 1.84. The first-order valence-corrected chi connectivity index (χ1v) is 7.81. The lowest BCUT2D eigenvalue weighted by molar-refractivity contribution is 0.687. The molecule has 1 aromatic carbocycles. The van der Waals surface area contributed by atoms with E-state index in [1.807, 2.05) is 24.3 Å². The quantitative estimate of drug-likeness (QED) is 0.597. The fraction of sp³-hybridized carbons (Fsp3) is 0.357.